The summed E-state index contributed by atoms with van der Waals surface area (Å²) in [5.74, 6) is 1.58. The lowest BCUT2D eigenvalue weighted by Gasteiger charge is -2.05. The van der Waals surface area contributed by atoms with E-state index < -0.39 is 0 Å². The Hall–Kier alpha value is -1.39. The molecule has 0 radical (unpaired) electrons. The van der Waals surface area contributed by atoms with E-state index in [2.05, 4.69) is 38.2 Å². The molecule has 21 heavy (non-hydrogen) atoms. The van der Waals surface area contributed by atoms with E-state index in [9.17, 15) is 0 Å². The molecule has 1 heterocycles. The van der Waals surface area contributed by atoms with Gasteiger partial charge in [0.15, 0.2) is 0 Å². The van der Waals surface area contributed by atoms with Gasteiger partial charge < -0.3 is 10.1 Å². The summed E-state index contributed by atoms with van der Waals surface area (Å²) in [5.41, 5.74) is 2.39. The van der Waals surface area contributed by atoms with Crippen molar-refractivity contribution in [1.82, 2.24) is 10.3 Å². The van der Waals surface area contributed by atoms with Crippen molar-refractivity contribution in [2.45, 2.75) is 33.7 Å². The van der Waals surface area contributed by atoms with Gasteiger partial charge in [-0.25, -0.2) is 4.98 Å². The molecular formula is C17H24N2OS. The highest BCUT2D eigenvalue weighted by Crippen LogP contribution is 2.22. The Morgan fingerprint density at radius 2 is 2.14 bits per heavy atom. The summed E-state index contributed by atoms with van der Waals surface area (Å²) < 4.78 is 5.27. The van der Waals surface area contributed by atoms with Crippen LogP contribution in [0.25, 0.3) is 0 Å². The first-order valence-corrected chi connectivity index (χ1v) is 8.19. The third kappa shape index (κ3) is 4.83. The molecule has 1 aromatic heterocycles. The van der Waals surface area contributed by atoms with Crippen molar-refractivity contribution in [2.24, 2.45) is 5.92 Å². The molecule has 3 nitrogen and oxygen atoms in total. The van der Waals surface area contributed by atoms with Crippen molar-refractivity contribution in [2.75, 3.05) is 13.7 Å². The van der Waals surface area contributed by atoms with Crippen LogP contribution in [-0.4, -0.2) is 18.6 Å². The van der Waals surface area contributed by atoms with Gasteiger partial charge >= 0.3 is 0 Å². The van der Waals surface area contributed by atoms with Gasteiger partial charge in [0.1, 0.15) is 5.75 Å². The van der Waals surface area contributed by atoms with Crippen molar-refractivity contribution in [3.63, 3.8) is 0 Å². The fraction of sp³-hybridized carbons (Fsp3) is 0.471. The number of benzene rings is 1. The smallest absolute Gasteiger partial charge is 0.119 e. The SMILES string of the molecule is COc1cccc(Cc2nc(C)c(CNCC(C)C)s2)c1. The molecule has 0 saturated heterocycles. The first-order valence-electron chi connectivity index (χ1n) is 7.37. The molecule has 2 rings (SSSR count). The van der Waals surface area contributed by atoms with Crippen LogP contribution < -0.4 is 10.1 Å². The van der Waals surface area contributed by atoms with E-state index in [0.717, 1.165) is 31.0 Å². The maximum Gasteiger partial charge on any atom is 0.119 e. The van der Waals surface area contributed by atoms with Gasteiger partial charge in [-0.1, -0.05) is 26.0 Å². The first-order chi connectivity index (χ1) is 10.1. The van der Waals surface area contributed by atoms with Gasteiger partial charge in [-0.15, -0.1) is 11.3 Å². The van der Waals surface area contributed by atoms with Crippen molar-refractivity contribution in [1.29, 1.82) is 0 Å². The number of ether oxygens (including phenoxy) is 1. The monoisotopic (exact) mass is 304 g/mol. The fourth-order valence-corrected chi connectivity index (χ4v) is 3.23. The minimum absolute atomic E-state index is 0.675. The third-order valence-corrected chi connectivity index (χ3v) is 4.42. The van der Waals surface area contributed by atoms with Crippen LogP contribution in [0.3, 0.4) is 0 Å². The highest BCUT2D eigenvalue weighted by atomic mass is 32.1. The van der Waals surface area contributed by atoms with E-state index in [1.165, 1.54) is 15.4 Å². The van der Waals surface area contributed by atoms with E-state index in [0.29, 0.717) is 5.92 Å². The zero-order chi connectivity index (χ0) is 15.2. The summed E-state index contributed by atoms with van der Waals surface area (Å²) >= 11 is 1.81. The highest BCUT2D eigenvalue weighted by molar-refractivity contribution is 7.11. The number of hydrogen-bond acceptors (Lipinski definition) is 4. The van der Waals surface area contributed by atoms with Crippen molar-refractivity contribution < 1.29 is 4.74 Å². The molecule has 1 N–H and O–H groups in total. The number of thiazole rings is 1. The molecule has 0 atom stereocenters. The number of hydrogen-bond donors (Lipinski definition) is 1. The van der Waals surface area contributed by atoms with Crippen molar-refractivity contribution in [3.05, 3.63) is 45.4 Å². The second-order valence-corrected chi connectivity index (χ2v) is 6.84. The zero-order valence-corrected chi connectivity index (χ0v) is 14.1. The molecule has 0 bridgehead atoms. The second-order valence-electron chi connectivity index (χ2n) is 5.67. The van der Waals surface area contributed by atoms with Crippen LogP contribution in [0.5, 0.6) is 5.75 Å². The third-order valence-electron chi connectivity index (χ3n) is 3.26. The van der Waals surface area contributed by atoms with Crippen LogP contribution in [0.4, 0.5) is 0 Å². The Balaban J connectivity index is 2.00. The maximum atomic E-state index is 5.27. The van der Waals surface area contributed by atoms with Crippen molar-refractivity contribution >= 4 is 11.3 Å². The minimum atomic E-state index is 0.675. The van der Waals surface area contributed by atoms with Gasteiger partial charge in [0.05, 0.1) is 17.8 Å². The number of methoxy groups -OCH3 is 1. The number of nitrogens with one attached hydrogen (secondary N) is 1. The minimum Gasteiger partial charge on any atom is -0.497 e. The van der Waals surface area contributed by atoms with E-state index in [1.54, 1.807) is 18.4 Å². The number of aryl methyl sites for hydroxylation is 1. The summed E-state index contributed by atoms with van der Waals surface area (Å²) in [6.45, 7) is 8.50. The Kier molecular flexibility index (Phi) is 5.76. The molecule has 1 aromatic carbocycles. The molecular weight excluding hydrogens is 280 g/mol. The van der Waals surface area contributed by atoms with E-state index in [-0.39, 0.29) is 0 Å². The first kappa shape index (κ1) is 16.0. The Morgan fingerprint density at radius 1 is 1.33 bits per heavy atom. The summed E-state index contributed by atoms with van der Waals surface area (Å²) in [6.07, 6.45) is 0.868. The number of aromatic nitrogens is 1. The van der Waals surface area contributed by atoms with E-state index >= 15 is 0 Å². The lowest BCUT2D eigenvalue weighted by atomic mass is 10.1. The van der Waals surface area contributed by atoms with Crippen LogP contribution >= 0.6 is 11.3 Å². The predicted octanol–water partition coefficient (Wildman–Crippen LogP) is 3.80. The van der Waals surface area contributed by atoms with E-state index in [1.807, 2.05) is 12.1 Å². The highest BCUT2D eigenvalue weighted by Gasteiger charge is 2.08. The van der Waals surface area contributed by atoms with Gasteiger partial charge in [0, 0.05) is 17.8 Å². The van der Waals surface area contributed by atoms with Gasteiger partial charge in [0.25, 0.3) is 0 Å². The average Bonchev–Trinajstić information content (AvgIpc) is 2.79. The zero-order valence-electron chi connectivity index (χ0n) is 13.3. The Bertz CT molecular complexity index is 578. The average molecular weight is 304 g/mol. The lowest BCUT2D eigenvalue weighted by Crippen LogP contribution is -2.18. The summed E-state index contributed by atoms with van der Waals surface area (Å²) in [5, 5.41) is 4.66. The molecule has 4 heteroatoms. The van der Waals surface area contributed by atoms with Gasteiger partial charge in [0.2, 0.25) is 0 Å². The van der Waals surface area contributed by atoms with Crippen LogP contribution in [0.2, 0.25) is 0 Å². The van der Waals surface area contributed by atoms with Crippen LogP contribution in [-0.2, 0) is 13.0 Å². The van der Waals surface area contributed by atoms with Crippen LogP contribution in [0.15, 0.2) is 24.3 Å². The predicted molar refractivity (Wildman–Crippen MR) is 89.2 cm³/mol. The maximum absolute atomic E-state index is 5.27. The number of rotatable bonds is 7. The second kappa shape index (κ2) is 7.57. The molecule has 0 saturated carbocycles. The van der Waals surface area contributed by atoms with Gasteiger partial charge in [-0.3, -0.25) is 0 Å². The largest absolute Gasteiger partial charge is 0.497 e. The molecule has 0 aliphatic rings. The fourth-order valence-electron chi connectivity index (χ4n) is 2.16. The molecule has 0 aliphatic carbocycles. The summed E-state index contributed by atoms with van der Waals surface area (Å²) in [4.78, 5) is 6.04. The van der Waals surface area contributed by atoms with Crippen LogP contribution in [0.1, 0.15) is 35.0 Å². The molecule has 2 aromatic rings. The quantitative estimate of drug-likeness (QED) is 0.845. The van der Waals surface area contributed by atoms with Gasteiger partial charge in [-0.2, -0.15) is 0 Å². The normalized spacial score (nSPS) is 11.1. The Labute approximate surface area is 131 Å². The lowest BCUT2D eigenvalue weighted by molar-refractivity contribution is 0.414. The molecule has 0 unspecified atom stereocenters. The van der Waals surface area contributed by atoms with Crippen molar-refractivity contribution in [3.8, 4) is 5.75 Å². The molecule has 0 amide bonds. The van der Waals surface area contributed by atoms with Crippen LogP contribution in [0, 0.1) is 12.8 Å². The van der Waals surface area contributed by atoms with Gasteiger partial charge in [-0.05, 0) is 37.1 Å². The Morgan fingerprint density at radius 3 is 2.86 bits per heavy atom. The molecule has 114 valence electrons. The number of nitrogens with zero attached hydrogens (tertiary/aromatic N) is 1. The molecule has 0 aliphatic heterocycles. The molecule has 0 fully saturated rings. The van der Waals surface area contributed by atoms with E-state index in [4.69, 9.17) is 9.72 Å². The summed E-state index contributed by atoms with van der Waals surface area (Å²) in [7, 11) is 1.70. The standard InChI is InChI=1S/C17H24N2OS/c1-12(2)10-18-11-16-13(3)19-17(21-16)9-14-6-5-7-15(8-14)20-4/h5-8,12,18H,9-11H2,1-4H3. The summed E-state index contributed by atoms with van der Waals surface area (Å²) in [6, 6.07) is 8.20. The topological polar surface area (TPSA) is 34.1 Å². The molecule has 0 spiro atoms.